The highest BCUT2D eigenvalue weighted by molar-refractivity contribution is 9.10. The Morgan fingerprint density at radius 2 is 1.75 bits per heavy atom. The number of hydrogen-bond acceptors (Lipinski definition) is 6. The highest BCUT2D eigenvalue weighted by Gasteiger charge is 2.28. The van der Waals surface area contributed by atoms with E-state index in [0.29, 0.717) is 23.8 Å². The van der Waals surface area contributed by atoms with Crippen LogP contribution in [0.2, 0.25) is 0 Å². The topological polar surface area (TPSA) is 81.4 Å². The summed E-state index contributed by atoms with van der Waals surface area (Å²) in [5.41, 5.74) is 0.658. The number of halogens is 1. The summed E-state index contributed by atoms with van der Waals surface area (Å²) in [6, 6.07) is 13.5. The summed E-state index contributed by atoms with van der Waals surface area (Å²) in [6.45, 7) is 4.60. The van der Waals surface area contributed by atoms with E-state index < -0.39 is 9.84 Å². The molecule has 0 radical (unpaired) electrons. The Hall–Kier alpha value is -2.32. The molecule has 0 saturated carbocycles. The van der Waals surface area contributed by atoms with Gasteiger partial charge in [-0.05, 0) is 54.4 Å². The molecule has 1 heterocycles. The molecule has 0 fully saturated rings. The molecular formula is C20H21BrN2O4S. The van der Waals surface area contributed by atoms with Gasteiger partial charge in [-0.2, -0.15) is 4.98 Å². The standard InChI is InChI=1S/C20H21BrN2O4S/c1-13(2)12-22-19-20(28(24,25)17-10-6-15(21)7-11-17)23-18(27-19)14-4-8-16(26-3)9-5-14/h4-11,13,22H,12H2,1-3H3. The number of benzene rings is 2. The molecule has 1 N–H and O–H groups in total. The smallest absolute Gasteiger partial charge is 0.233 e. The lowest BCUT2D eigenvalue weighted by Crippen LogP contribution is -2.11. The molecule has 0 aliphatic carbocycles. The van der Waals surface area contributed by atoms with Crippen molar-refractivity contribution in [3.63, 3.8) is 0 Å². The Morgan fingerprint density at radius 3 is 2.32 bits per heavy atom. The quantitative estimate of drug-likeness (QED) is 0.528. The van der Waals surface area contributed by atoms with Crippen molar-refractivity contribution in [3.05, 3.63) is 53.0 Å². The predicted molar refractivity (Wildman–Crippen MR) is 111 cm³/mol. The number of oxazole rings is 1. The lowest BCUT2D eigenvalue weighted by Gasteiger charge is -2.08. The van der Waals surface area contributed by atoms with Gasteiger partial charge in [-0.25, -0.2) is 8.42 Å². The minimum Gasteiger partial charge on any atom is -0.497 e. The van der Waals surface area contributed by atoms with Crippen LogP contribution in [-0.4, -0.2) is 27.1 Å². The van der Waals surface area contributed by atoms with Crippen molar-refractivity contribution in [1.29, 1.82) is 0 Å². The number of rotatable bonds is 7. The molecule has 0 spiro atoms. The van der Waals surface area contributed by atoms with E-state index in [4.69, 9.17) is 9.15 Å². The molecule has 0 bridgehead atoms. The maximum atomic E-state index is 13.2. The van der Waals surface area contributed by atoms with E-state index in [1.165, 1.54) is 12.1 Å². The Balaban J connectivity index is 2.06. The molecule has 8 heteroatoms. The highest BCUT2D eigenvalue weighted by atomic mass is 79.9. The number of ether oxygens (including phenoxy) is 1. The van der Waals surface area contributed by atoms with E-state index in [1.807, 2.05) is 13.8 Å². The summed E-state index contributed by atoms with van der Waals surface area (Å²) in [4.78, 5) is 4.47. The average molecular weight is 465 g/mol. The zero-order valence-corrected chi connectivity index (χ0v) is 18.2. The molecule has 3 rings (SSSR count). The molecule has 0 aliphatic rings. The fraction of sp³-hybridized carbons (Fsp3) is 0.250. The van der Waals surface area contributed by atoms with E-state index in [-0.39, 0.29) is 21.7 Å². The fourth-order valence-electron chi connectivity index (χ4n) is 2.48. The van der Waals surface area contributed by atoms with Crippen molar-refractivity contribution in [3.8, 4) is 17.2 Å². The average Bonchev–Trinajstić information content (AvgIpc) is 3.12. The minimum absolute atomic E-state index is 0.124. The molecule has 3 aromatic rings. The van der Waals surface area contributed by atoms with Crippen molar-refractivity contribution in [1.82, 2.24) is 4.98 Å². The Labute approximate surface area is 173 Å². The van der Waals surface area contributed by atoms with Gasteiger partial charge in [0.25, 0.3) is 0 Å². The van der Waals surface area contributed by atoms with E-state index in [1.54, 1.807) is 43.5 Å². The van der Waals surface area contributed by atoms with Crippen LogP contribution in [0.25, 0.3) is 11.5 Å². The lowest BCUT2D eigenvalue weighted by atomic mass is 10.2. The number of nitrogens with zero attached hydrogens (tertiary/aromatic N) is 1. The molecule has 0 saturated heterocycles. The predicted octanol–water partition coefficient (Wildman–Crippen LogP) is 5.01. The molecule has 0 amide bonds. The normalized spacial score (nSPS) is 11.6. The van der Waals surface area contributed by atoms with Gasteiger partial charge in [-0.15, -0.1) is 0 Å². The number of hydrogen-bond donors (Lipinski definition) is 1. The van der Waals surface area contributed by atoms with E-state index in [9.17, 15) is 8.42 Å². The van der Waals surface area contributed by atoms with Crippen LogP contribution in [-0.2, 0) is 9.84 Å². The summed E-state index contributed by atoms with van der Waals surface area (Å²) < 4.78 is 38.1. The first-order valence-corrected chi connectivity index (χ1v) is 11.0. The van der Waals surface area contributed by atoms with Crippen molar-refractivity contribution < 1.29 is 17.6 Å². The first-order valence-electron chi connectivity index (χ1n) is 8.71. The number of sulfone groups is 1. The zero-order valence-electron chi connectivity index (χ0n) is 15.8. The van der Waals surface area contributed by atoms with Crippen molar-refractivity contribution in [2.45, 2.75) is 23.8 Å². The van der Waals surface area contributed by atoms with Gasteiger partial charge < -0.3 is 14.5 Å². The van der Waals surface area contributed by atoms with Crippen LogP contribution < -0.4 is 10.1 Å². The molecule has 2 aromatic carbocycles. The van der Waals surface area contributed by atoms with Crippen molar-refractivity contribution in [2.75, 3.05) is 19.0 Å². The fourth-order valence-corrected chi connectivity index (χ4v) is 4.02. The minimum atomic E-state index is -3.85. The Kier molecular flexibility index (Phi) is 6.10. The van der Waals surface area contributed by atoms with Crippen molar-refractivity contribution in [2.24, 2.45) is 5.92 Å². The van der Waals surface area contributed by atoms with Crippen molar-refractivity contribution >= 4 is 31.7 Å². The molecule has 6 nitrogen and oxygen atoms in total. The van der Waals surface area contributed by atoms with Crippen LogP contribution >= 0.6 is 15.9 Å². The highest BCUT2D eigenvalue weighted by Crippen LogP contribution is 2.33. The van der Waals surface area contributed by atoms with Gasteiger partial charge >= 0.3 is 0 Å². The van der Waals surface area contributed by atoms with E-state index in [2.05, 4.69) is 26.2 Å². The second-order valence-corrected chi connectivity index (χ2v) is 9.39. The largest absolute Gasteiger partial charge is 0.497 e. The summed E-state index contributed by atoms with van der Waals surface area (Å²) in [6.07, 6.45) is 0. The maximum Gasteiger partial charge on any atom is 0.233 e. The van der Waals surface area contributed by atoms with Crippen LogP contribution in [0, 0.1) is 5.92 Å². The number of methoxy groups -OCH3 is 1. The lowest BCUT2D eigenvalue weighted by molar-refractivity contribution is 0.415. The third kappa shape index (κ3) is 4.39. The molecular weight excluding hydrogens is 444 g/mol. The van der Waals surface area contributed by atoms with Gasteiger partial charge in [0.15, 0.2) is 0 Å². The summed E-state index contributed by atoms with van der Waals surface area (Å²) in [7, 11) is -2.27. The van der Waals surface area contributed by atoms with Gasteiger partial charge in [0, 0.05) is 16.6 Å². The van der Waals surface area contributed by atoms with Crippen LogP contribution in [0.15, 0.2) is 67.3 Å². The van der Waals surface area contributed by atoms with Crippen LogP contribution in [0.1, 0.15) is 13.8 Å². The van der Waals surface area contributed by atoms with E-state index >= 15 is 0 Å². The molecule has 0 aliphatic heterocycles. The zero-order chi connectivity index (χ0) is 20.3. The second kappa shape index (κ2) is 8.36. The molecule has 28 heavy (non-hydrogen) atoms. The Bertz CT molecular complexity index is 1040. The van der Waals surface area contributed by atoms with Crippen LogP contribution in [0.5, 0.6) is 5.75 Å². The third-order valence-corrected chi connectivity index (χ3v) is 6.19. The SMILES string of the molecule is COc1ccc(-c2nc(S(=O)(=O)c3ccc(Br)cc3)c(NCC(C)C)o2)cc1. The number of nitrogens with one attached hydrogen (secondary N) is 1. The second-order valence-electron chi connectivity index (χ2n) is 6.61. The third-order valence-electron chi connectivity index (χ3n) is 3.98. The van der Waals surface area contributed by atoms with Gasteiger partial charge in [-0.1, -0.05) is 29.8 Å². The number of aromatic nitrogens is 1. The molecule has 0 atom stereocenters. The summed E-state index contributed by atoms with van der Waals surface area (Å²) in [5.74, 6) is 1.36. The number of anilines is 1. The van der Waals surface area contributed by atoms with Gasteiger partial charge in [0.2, 0.25) is 26.6 Å². The Morgan fingerprint density at radius 1 is 1.11 bits per heavy atom. The first kappa shape index (κ1) is 20.4. The van der Waals surface area contributed by atoms with Gasteiger partial charge in [-0.3, -0.25) is 0 Å². The molecule has 148 valence electrons. The van der Waals surface area contributed by atoms with Gasteiger partial charge in [0.05, 0.1) is 12.0 Å². The van der Waals surface area contributed by atoms with Crippen LogP contribution in [0.3, 0.4) is 0 Å². The van der Waals surface area contributed by atoms with Crippen LogP contribution in [0.4, 0.5) is 5.88 Å². The molecule has 0 unspecified atom stereocenters. The summed E-state index contributed by atoms with van der Waals surface area (Å²) in [5, 5.41) is 2.95. The summed E-state index contributed by atoms with van der Waals surface area (Å²) >= 11 is 3.32. The van der Waals surface area contributed by atoms with Gasteiger partial charge in [0.1, 0.15) is 5.75 Å². The first-order chi connectivity index (χ1) is 13.3. The molecule has 1 aromatic heterocycles. The van der Waals surface area contributed by atoms with E-state index in [0.717, 1.165) is 4.47 Å². The monoisotopic (exact) mass is 464 g/mol. The maximum absolute atomic E-state index is 13.2.